The summed E-state index contributed by atoms with van der Waals surface area (Å²) in [4.78, 5) is 29.4. The predicted molar refractivity (Wildman–Crippen MR) is 181 cm³/mol. The van der Waals surface area contributed by atoms with E-state index in [1.165, 1.54) is 17.0 Å². The van der Waals surface area contributed by atoms with Crippen molar-refractivity contribution >= 4 is 39.1 Å². The molecule has 0 radical (unpaired) electrons. The topological polar surface area (TPSA) is 86.8 Å². The number of carbonyl (C=O) groups excluding carboxylic acids is 2. The minimum atomic E-state index is -4.90. The highest BCUT2D eigenvalue weighted by Gasteiger charge is 2.37. The van der Waals surface area contributed by atoms with Crippen LogP contribution in [0.15, 0.2) is 102 Å². The van der Waals surface area contributed by atoms with Gasteiger partial charge in [-0.15, -0.1) is 0 Å². The number of alkyl halides is 3. The van der Waals surface area contributed by atoms with Gasteiger partial charge in [-0.25, -0.2) is 8.42 Å². The molecular weight excluding hydrogens is 663 g/mol. The Hall–Kier alpha value is -4.35. The summed E-state index contributed by atoms with van der Waals surface area (Å²) in [5.41, 5.74) is 1.40. The molecule has 0 aliphatic carbocycles. The maximum absolute atomic E-state index is 14.5. The second-order valence-electron chi connectivity index (χ2n) is 11.4. The molecule has 12 heteroatoms. The lowest BCUT2D eigenvalue weighted by molar-refractivity contribution is -0.140. The summed E-state index contributed by atoms with van der Waals surface area (Å²) in [5, 5.41) is 2.24. The number of amides is 2. The number of nitrogens with zero attached hydrogens (tertiary/aromatic N) is 2. The molecule has 1 N–H and O–H groups in total. The Kier molecular flexibility index (Phi) is 11.9. The Morgan fingerprint density at radius 2 is 1.54 bits per heavy atom. The van der Waals surface area contributed by atoms with Gasteiger partial charge in [0.15, 0.2) is 0 Å². The highest BCUT2D eigenvalue weighted by Crippen LogP contribution is 2.38. The van der Waals surface area contributed by atoms with E-state index in [0.29, 0.717) is 28.9 Å². The normalized spacial score (nSPS) is 12.3. The third-order valence-corrected chi connectivity index (χ3v) is 9.97. The Morgan fingerprint density at radius 1 is 0.896 bits per heavy atom. The van der Waals surface area contributed by atoms with Crippen molar-refractivity contribution in [2.45, 2.75) is 57.3 Å². The lowest BCUT2D eigenvalue weighted by Gasteiger charge is -2.34. The Morgan fingerprint density at radius 3 is 2.17 bits per heavy atom. The molecule has 0 fully saturated rings. The number of sulfonamides is 1. The molecule has 0 aliphatic rings. The van der Waals surface area contributed by atoms with Gasteiger partial charge in [-0.05, 0) is 67.3 Å². The van der Waals surface area contributed by atoms with Crippen molar-refractivity contribution in [1.82, 2.24) is 10.2 Å². The molecule has 48 heavy (non-hydrogen) atoms. The number of rotatable bonds is 13. The molecule has 0 bridgehead atoms. The van der Waals surface area contributed by atoms with E-state index >= 15 is 0 Å². The van der Waals surface area contributed by atoms with E-state index in [4.69, 9.17) is 11.6 Å². The van der Waals surface area contributed by atoms with Crippen LogP contribution in [-0.2, 0) is 38.8 Å². The van der Waals surface area contributed by atoms with Crippen molar-refractivity contribution in [2.24, 2.45) is 0 Å². The standard InChI is InChI=1S/C36H37ClF3N3O4S/c1-4-20-41-35(45)33(21-27-11-6-5-7-12-27)42(23-28-13-9-8-10-26(28)3)34(44)24-43(48(46,47)30-17-14-25(2)15-18-30)29-16-19-32(37)31(22-29)36(38,39)40/h5-19,22,33H,4,20-21,23-24H2,1-3H3,(H,41,45). The van der Waals surface area contributed by atoms with Crippen LogP contribution in [0.25, 0.3) is 0 Å². The van der Waals surface area contributed by atoms with Crippen LogP contribution in [0.3, 0.4) is 0 Å². The van der Waals surface area contributed by atoms with Crippen LogP contribution >= 0.6 is 11.6 Å². The lowest BCUT2D eigenvalue weighted by atomic mass is 10.0. The number of benzene rings is 4. The van der Waals surface area contributed by atoms with E-state index in [9.17, 15) is 31.2 Å². The maximum atomic E-state index is 14.5. The first kappa shape index (κ1) is 36.5. The van der Waals surface area contributed by atoms with Crippen LogP contribution in [0, 0.1) is 13.8 Å². The zero-order chi connectivity index (χ0) is 35.1. The number of carbonyl (C=O) groups is 2. The van der Waals surface area contributed by atoms with Crippen molar-refractivity contribution in [3.8, 4) is 0 Å². The van der Waals surface area contributed by atoms with E-state index in [2.05, 4.69) is 5.32 Å². The summed E-state index contributed by atoms with van der Waals surface area (Å²) in [6.45, 7) is 4.88. The van der Waals surface area contributed by atoms with Gasteiger partial charge in [0.05, 0.1) is 21.2 Å². The van der Waals surface area contributed by atoms with Crippen molar-refractivity contribution in [3.05, 3.63) is 130 Å². The molecule has 0 heterocycles. The third kappa shape index (κ3) is 8.96. The molecule has 0 saturated heterocycles. The summed E-state index contributed by atoms with van der Waals surface area (Å²) in [6, 6.07) is 23.7. The molecule has 0 saturated carbocycles. The fraction of sp³-hybridized carbons (Fsp3) is 0.278. The Bertz CT molecular complexity index is 1840. The molecule has 254 valence electrons. The number of hydrogen-bond donors (Lipinski definition) is 1. The summed E-state index contributed by atoms with van der Waals surface area (Å²) >= 11 is 5.88. The van der Waals surface area contributed by atoms with Gasteiger partial charge in [0.25, 0.3) is 10.0 Å². The maximum Gasteiger partial charge on any atom is 0.417 e. The summed E-state index contributed by atoms with van der Waals surface area (Å²) in [5.74, 6) is -1.23. The highest BCUT2D eigenvalue weighted by atomic mass is 35.5. The second kappa shape index (κ2) is 15.7. The minimum Gasteiger partial charge on any atom is -0.354 e. The van der Waals surface area contributed by atoms with Crippen LogP contribution in [-0.4, -0.2) is 44.3 Å². The third-order valence-electron chi connectivity index (χ3n) is 7.85. The van der Waals surface area contributed by atoms with Gasteiger partial charge in [0.1, 0.15) is 12.6 Å². The van der Waals surface area contributed by atoms with Crippen molar-refractivity contribution < 1.29 is 31.2 Å². The molecule has 0 aromatic heterocycles. The first-order chi connectivity index (χ1) is 22.7. The van der Waals surface area contributed by atoms with Crippen LogP contribution < -0.4 is 9.62 Å². The Balaban J connectivity index is 1.87. The smallest absolute Gasteiger partial charge is 0.354 e. The quantitative estimate of drug-likeness (QED) is 0.158. The molecular formula is C36H37ClF3N3O4S. The van der Waals surface area contributed by atoms with Gasteiger partial charge in [-0.2, -0.15) is 13.2 Å². The number of hydrogen-bond acceptors (Lipinski definition) is 4. The first-order valence-corrected chi connectivity index (χ1v) is 17.2. The molecule has 1 unspecified atom stereocenters. The average Bonchev–Trinajstić information content (AvgIpc) is 3.05. The molecule has 2 amide bonds. The number of nitrogens with one attached hydrogen (secondary N) is 1. The van der Waals surface area contributed by atoms with Gasteiger partial charge < -0.3 is 10.2 Å². The van der Waals surface area contributed by atoms with Gasteiger partial charge in [-0.3, -0.25) is 13.9 Å². The molecule has 4 aromatic rings. The molecule has 1 atom stereocenters. The monoisotopic (exact) mass is 699 g/mol. The average molecular weight is 700 g/mol. The lowest BCUT2D eigenvalue weighted by Crippen LogP contribution is -2.53. The van der Waals surface area contributed by atoms with Gasteiger partial charge >= 0.3 is 6.18 Å². The van der Waals surface area contributed by atoms with Crippen LogP contribution in [0.4, 0.5) is 18.9 Å². The second-order valence-corrected chi connectivity index (χ2v) is 13.7. The summed E-state index contributed by atoms with van der Waals surface area (Å²) in [6.07, 6.45) is -4.15. The minimum absolute atomic E-state index is 0.0601. The van der Waals surface area contributed by atoms with Gasteiger partial charge in [0.2, 0.25) is 11.8 Å². The number of anilines is 1. The highest BCUT2D eigenvalue weighted by molar-refractivity contribution is 7.92. The van der Waals surface area contributed by atoms with Crippen molar-refractivity contribution in [3.63, 3.8) is 0 Å². The fourth-order valence-corrected chi connectivity index (χ4v) is 6.77. The van der Waals surface area contributed by atoms with E-state index in [1.54, 1.807) is 43.3 Å². The first-order valence-electron chi connectivity index (χ1n) is 15.3. The van der Waals surface area contributed by atoms with Crippen molar-refractivity contribution in [1.29, 1.82) is 0 Å². The zero-order valence-electron chi connectivity index (χ0n) is 26.8. The number of aryl methyl sites for hydroxylation is 2. The molecule has 4 aromatic carbocycles. The van der Waals surface area contributed by atoms with Crippen LogP contribution in [0.1, 0.15) is 41.2 Å². The molecule has 0 spiro atoms. The molecule has 4 rings (SSSR count). The molecule has 7 nitrogen and oxygen atoms in total. The van der Waals surface area contributed by atoms with Gasteiger partial charge in [0, 0.05) is 19.5 Å². The summed E-state index contributed by atoms with van der Waals surface area (Å²) in [7, 11) is -4.60. The summed E-state index contributed by atoms with van der Waals surface area (Å²) < 4.78 is 70.8. The van der Waals surface area contributed by atoms with E-state index in [0.717, 1.165) is 28.8 Å². The zero-order valence-corrected chi connectivity index (χ0v) is 28.4. The fourth-order valence-electron chi connectivity index (χ4n) is 5.14. The van der Waals surface area contributed by atoms with Crippen molar-refractivity contribution in [2.75, 3.05) is 17.4 Å². The largest absolute Gasteiger partial charge is 0.417 e. The van der Waals surface area contributed by atoms with E-state index in [-0.39, 0.29) is 17.9 Å². The Labute approximate surface area is 284 Å². The van der Waals surface area contributed by atoms with E-state index < -0.39 is 56.9 Å². The van der Waals surface area contributed by atoms with Crippen LogP contribution in [0.2, 0.25) is 5.02 Å². The van der Waals surface area contributed by atoms with E-state index in [1.807, 2.05) is 44.2 Å². The molecule has 0 aliphatic heterocycles. The predicted octanol–water partition coefficient (Wildman–Crippen LogP) is 7.34. The van der Waals surface area contributed by atoms with Crippen LogP contribution in [0.5, 0.6) is 0 Å². The number of halogens is 4. The van der Waals surface area contributed by atoms with Gasteiger partial charge in [-0.1, -0.05) is 90.8 Å². The SMILES string of the molecule is CCCNC(=O)C(Cc1ccccc1)N(Cc1ccccc1C)C(=O)CN(c1ccc(Cl)c(C(F)(F)F)c1)S(=O)(=O)c1ccc(C)cc1.